The quantitative estimate of drug-likeness (QED) is 0.714. The molecule has 8 heteroatoms. The van der Waals surface area contributed by atoms with Crippen molar-refractivity contribution in [2.45, 2.75) is 31.5 Å². The van der Waals surface area contributed by atoms with Crippen LogP contribution in [0, 0.1) is 0 Å². The van der Waals surface area contributed by atoms with Crippen molar-refractivity contribution >= 4 is 5.91 Å². The van der Waals surface area contributed by atoms with Crippen LogP contribution in [0.5, 0.6) is 0 Å². The molecule has 0 fully saturated rings. The molecule has 1 unspecified atom stereocenters. The topological polar surface area (TPSA) is 55.1 Å². The van der Waals surface area contributed by atoms with Crippen LogP contribution in [0.1, 0.15) is 13.3 Å². The summed E-state index contributed by atoms with van der Waals surface area (Å²) in [5.41, 5.74) is 5.04. The molecule has 0 bridgehead atoms. The molecule has 0 aromatic rings. The molecule has 0 aliphatic heterocycles. The van der Waals surface area contributed by atoms with Crippen LogP contribution >= 0.6 is 0 Å². The van der Waals surface area contributed by atoms with Crippen molar-refractivity contribution in [2.75, 3.05) is 6.54 Å². The number of carbonyl (C=O) groups is 1. The SMILES string of the molecule is CCC(CN)NC(=O)C(F)(F)C(F)(F)F. The lowest BCUT2D eigenvalue weighted by Crippen LogP contribution is -2.54. The van der Waals surface area contributed by atoms with E-state index in [4.69, 9.17) is 5.73 Å². The smallest absolute Gasteiger partial charge is 0.347 e. The summed E-state index contributed by atoms with van der Waals surface area (Å²) in [4.78, 5) is 10.6. The number of hydrogen-bond acceptors (Lipinski definition) is 2. The van der Waals surface area contributed by atoms with Gasteiger partial charge in [0.2, 0.25) is 0 Å². The highest BCUT2D eigenvalue weighted by atomic mass is 19.4. The molecule has 0 aliphatic carbocycles. The van der Waals surface area contributed by atoms with E-state index in [-0.39, 0.29) is 13.0 Å². The summed E-state index contributed by atoms with van der Waals surface area (Å²) in [5, 5.41) is 1.53. The van der Waals surface area contributed by atoms with Gasteiger partial charge >= 0.3 is 18.0 Å². The van der Waals surface area contributed by atoms with Gasteiger partial charge in [-0.3, -0.25) is 4.79 Å². The van der Waals surface area contributed by atoms with E-state index in [1.807, 2.05) is 0 Å². The van der Waals surface area contributed by atoms with E-state index in [2.05, 4.69) is 0 Å². The van der Waals surface area contributed by atoms with Gasteiger partial charge in [-0.25, -0.2) is 0 Å². The fourth-order valence-corrected chi connectivity index (χ4v) is 0.732. The van der Waals surface area contributed by atoms with Gasteiger partial charge in [0.1, 0.15) is 0 Å². The largest absolute Gasteiger partial charge is 0.463 e. The number of alkyl halides is 5. The van der Waals surface area contributed by atoms with Gasteiger partial charge in [-0.1, -0.05) is 6.92 Å². The number of carbonyl (C=O) groups excluding carboxylic acids is 1. The van der Waals surface area contributed by atoms with Crippen LogP contribution < -0.4 is 11.1 Å². The Morgan fingerprint density at radius 3 is 2.07 bits per heavy atom. The van der Waals surface area contributed by atoms with Crippen molar-refractivity contribution in [3.05, 3.63) is 0 Å². The van der Waals surface area contributed by atoms with E-state index in [1.54, 1.807) is 0 Å². The Hall–Kier alpha value is -0.920. The van der Waals surface area contributed by atoms with Crippen molar-refractivity contribution in [1.82, 2.24) is 5.32 Å². The third-order valence-corrected chi connectivity index (χ3v) is 1.75. The second kappa shape index (κ2) is 4.73. The molecule has 1 amide bonds. The van der Waals surface area contributed by atoms with Crippen molar-refractivity contribution in [1.29, 1.82) is 0 Å². The minimum Gasteiger partial charge on any atom is -0.347 e. The third kappa shape index (κ3) is 3.29. The first kappa shape index (κ1) is 14.1. The molecule has 0 rings (SSSR count). The van der Waals surface area contributed by atoms with Crippen LogP contribution in [0.2, 0.25) is 0 Å². The predicted molar refractivity (Wildman–Crippen MR) is 42.3 cm³/mol. The van der Waals surface area contributed by atoms with E-state index in [9.17, 15) is 26.7 Å². The first-order valence-electron chi connectivity index (χ1n) is 4.12. The molecular weight excluding hydrogens is 223 g/mol. The van der Waals surface area contributed by atoms with Crippen LogP contribution in [-0.4, -0.2) is 30.6 Å². The fourth-order valence-electron chi connectivity index (χ4n) is 0.732. The highest BCUT2D eigenvalue weighted by molar-refractivity contribution is 5.84. The van der Waals surface area contributed by atoms with Crippen molar-refractivity contribution in [3.63, 3.8) is 0 Å². The molecule has 1 atom stereocenters. The summed E-state index contributed by atoms with van der Waals surface area (Å²) in [7, 11) is 0. The van der Waals surface area contributed by atoms with E-state index in [0.717, 1.165) is 0 Å². The fraction of sp³-hybridized carbons (Fsp3) is 0.857. The maximum atomic E-state index is 12.4. The summed E-state index contributed by atoms with van der Waals surface area (Å²) < 4.78 is 59.9. The van der Waals surface area contributed by atoms with Crippen molar-refractivity contribution in [2.24, 2.45) is 5.73 Å². The van der Waals surface area contributed by atoms with Crippen LogP contribution in [0.4, 0.5) is 22.0 Å². The number of amides is 1. The summed E-state index contributed by atoms with van der Waals surface area (Å²) in [6.45, 7) is 1.31. The highest BCUT2D eigenvalue weighted by Gasteiger charge is 2.63. The molecule has 0 spiro atoms. The summed E-state index contributed by atoms with van der Waals surface area (Å²) in [6, 6.07) is -0.884. The second-order valence-corrected chi connectivity index (χ2v) is 2.89. The Balaban J connectivity index is 4.58. The second-order valence-electron chi connectivity index (χ2n) is 2.89. The van der Waals surface area contributed by atoms with Gasteiger partial charge in [0, 0.05) is 12.6 Å². The lowest BCUT2D eigenvalue weighted by atomic mass is 10.2. The van der Waals surface area contributed by atoms with Crippen molar-refractivity contribution < 1.29 is 26.7 Å². The van der Waals surface area contributed by atoms with E-state index in [0.29, 0.717) is 0 Å². The Morgan fingerprint density at radius 1 is 1.33 bits per heavy atom. The number of nitrogens with one attached hydrogen (secondary N) is 1. The molecule has 90 valence electrons. The maximum Gasteiger partial charge on any atom is 0.463 e. The predicted octanol–water partition coefficient (Wildman–Crippen LogP) is 1.04. The third-order valence-electron chi connectivity index (χ3n) is 1.75. The van der Waals surface area contributed by atoms with Crippen LogP contribution in [0.15, 0.2) is 0 Å². The maximum absolute atomic E-state index is 12.4. The first-order valence-corrected chi connectivity index (χ1v) is 4.12. The minimum absolute atomic E-state index is 0.177. The molecular formula is C7H11F5N2O. The molecule has 0 aliphatic rings. The van der Waals surface area contributed by atoms with Gasteiger partial charge in [0.15, 0.2) is 0 Å². The zero-order chi connectivity index (χ0) is 12.3. The number of halogens is 5. The van der Waals surface area contributed by atoms with Crippen molar-refractivity contribution in [3.8, 4) is 0 Å². The zero-order valence-corrected chi connectivity index (χ0v) is 7.87. The van der Waals surface area contributed by atoms with Gasteiger partial charge in [0.05, 0.1) is 0 Å². The van der Waals surface area contributed by atoms with Gasteiger partial charge in [-0.05, 0) is 6.42 Å². The zero-order valence-electron chi connectivity index (χ0n) is 7.87. The molecule has 3 nitrogen and oxygen atoms in total. The Bertz CT molecular complexity index is 224. The number of hydrogen-bond donors (Lipinski definition) is 2. The molecule has 15 heavy (non-hydrogen) atoms. The van der Waals surface area contributed by atoms with E-state index >= 15 is 0 Å². The molecule has 0 saturated heterocycles. The van der Waals surface area contributed by atoms with E-state index in [1.165, 1.54) is 12.2 Å². The number of rotatable bonds is 4. The lowest BCUT2D eigenvalue weighted by molar-refractivity contribution is -0.270. The number of nitrogens with two attached hydrogens (primary N) is 1. The molecule has 0 heterocycles. The van der Waals surface area contributed by atoms with Gasteiger partial charge in [-0.15, -0.1) is 0 Å². The molecule has 0 aromatic carbocycles. The minimum atomic E-state index is -5.88. The summed E-state index contributed by atoms with van der Waals surface area (Å²) in [6.07, 6.45) is -5.71. The summed E-state index contributed by atoms with van der Waals surface area (Å²) in [5.74, 6) is -7.75. The first-order chi connectivity index (χ1) is 6.66. The molecule has 3 N–H and O–H groups in total. The Morgan fingerprint density at radius 2 is 1.80 bits per heavy atom. The monoisotopic (exact) mass is 234 g/mol. The van der Waals surface area contributed by atoms with E-state index < -0.39 is 24.0 Å². The lowest BCUT2D eigenvalue weighted by Gasteiger charge is -2.22. The van der Waals surface area contributed by atoms with Gasteiger partial charge in [-0.2, -0.15) is 22.0 Å². The average molecular weight is 234 g/mol. The normalized spacial score (nSPS) is 14.9. The van der Waals surface area contributed by atoms with Crippen LogP contribution in [0.3, 0.4) is 0 Å². The molecule has 0 radical (unpaired) electrons. The van der Waals surface area contributed by atoms with Crippen LogP contribution in [0.25, 0.3) is 0 Å². The summed E-state index contributed by atoms with van der Waals surface area (Å²) >= 11 is 0. The van der Waals surface area contributed by atoms with Crippen LogP contribution in [-0.2, 0) is 4.79 Å². The Labute approximate surface area is 82.8 Å². The highest BCUT2D eigenvalue weighted by Crippen LogP contribution is 2.35. The molecule has 0 saturated carbocycles. The average Bonchev–Trinajstić information content (AvgIpc) is 2.11. The molecule has 0 aromatic heterocycles. The van der Waals surface area contributed by atoms with Gasteiger partial charge in [0.25, 0.3) is 0 Å². The van der Waals surface area contributed by atoms with Gasteiger partial charge < -0.3 is 11.1 Å². The Kier molecular flexibility index (Phi) is 4.44. The standard InChI is InChI=1S/C7H11F5N2O/c1-2-4(3-13)14-5(15)6(8,9)7(10,11)12/h4H,2-3,13H2,1H3,(H,14,15).